The van der Waals surface area contributed by atoms with Gasteiger partial charge in [-0.05, 0) is 37.5 Å². The first-order valence-electron chi connectivity index (χ1n) is 6.15. The van der Waals surface area contributed by atoms with Gasteiger partial charge in [0.2, 0.25) is 0 Å². The Labute approximate surface area is 96.6 Å². The van der Waals surface area contributed by atoms with Crippen molar-refractivity contribution in [2.75, 3.05) is 26.8 Å². The summed E-state index contributed by atoms with van der Waals surface area (Å²) >= 11 is 0. The molecule has 2 aliphatic rings. The highest BCUT2D eigenvalue weighted by atomic mass is 16.5. The predicted octanol–water partition coefficient (Wildman–Crippen LogP) is 1.21. The average Bonchev–Trinajstić information content (AvgIpc) is 3.05. The molecule has 0 aromatic heterocycles. The Morgan fingerprint density at radius 3 is 2.56 bits per heavy atom. The predicted molar refractivity (Wildman–Crippen MR) is 60.3 cm³/mol. The molecule has 1 N–H and O–H groups in total. The maximum Gasteiger partial charge on any atom is 0.317 e. The number of hydrogen-bond acceptors (Lipinski definition) is 3. The molecule has 4 nitrogen and oxygen atoms in total. The summed E-state index contributed by atoms with van der Waals surface area (Å²) in [6, 6.07) is 0.321. The van der Waals surface area contributed by atoms with E-state index in [1.807, 2.05) is 0 Å². The zero-order valence-corrected chi connectivity index (χ0v) is 9.89. The molecule has 2 rings (SSSR count). The van der Waals surface area contributed by atoms with Crippen LogP contribution in [0.5, 0.6) is 0 Å². The van der Waals surface area contributed by atoms with Crippen LogP contribution >= 0.6 is 0 Å². The van der Waals surface area contributed by atoms with Gasteiger partial charge in [0.1, 0.15) is 0 Å². The van der Waals surface area contributed by atoms with Crippen LogP contribution in [0.25, 0.3) is 0 Å². The first kappa shape index (κ1) is 11.9. The van der Waals surface area contributed by atoms with Crippen LogP contribution in [0.1, 0.15) is 25.7 Å². The summed E-state index contributed by atoms with van der Waals surface area (Å²) in [6.07, 6.45) is 4.99. The van der Waals surface area contributed by atoms with Crippen molar-refractivity contribution in [2.45, 2.75) is 31.7 Å². The van der Waals surface area contributed by atoms with E-state index in [0.29, 0.717) is 18.6 Å². The van der Waals surface area contributed by atoms with Gasteiger partial charge in [-0.2, -0.15) is 0 Å². The summed E-state index contributed by atoms with van der Waals surface area (Å²) in [5.74, 6) is 0.679. The van der Waals surface area contributed by atoms with Gasteiger partial charge in [0.05, 0.1) is 13.2 Å². The monoisotopic (exact) mass is 227 g/mol. The number of rotatable bonds is 8. The second-order valence-electron chi connectivity index (χ2n) is 5.13. The van der Waals surface area contributed by atoms with Gasteiger partial charge in [-0.3, -0.25) is 9.69 Å². The molecule has 0 aromatic carbocycles. The first-order chi connectivity index (χ1) is 7.70. The Kier molecular flexibility index (Phi) is 3.82. The zero-order chi connectivity index (χ0) is 11.5. The number of nitrogens with zero attached hydrogens (tertiary/aromatic N) is 1. The van der Waals surface area contributed by atoms with Gasteiger partial charge in [-0.1, -0.05) is 0 Å². The van der Waals surface area contributed by atoms with E-state index < -0.39 is 5.97 Å². The second-order valence-corrected chi connectivity index (χ2v) is 5.13. The van der Waals surface area contributed by atoms with Crippen LogP contribution in [-0.4, -0.2) is 48.8 Å². The fourth-order valence-corrected chi connectivity index (χ4v) is 2.31. The van der Waals surface area contributed by atoms with E-state index >= 15 is 0 Å². The van der Waals surface area contributed by atoms with E-state index in [1.54, 1.807) is 7.11 Å². The van der Waals surface area contributed by atoms with Crippen LogP contribution in [0.15, 0.2) is 0 Å². The Morgan fingerprint density at radius 1 is 1.44 bits per heavy atom. The molecule has 92 valence electrons. The van der Waals surface area contributed by atoms with Crippen LogP contribution in [0.2, 0.25) is 0 Å². The van der Waals surface area contributed by atoms with Gasteiger partial charge in [-0.25, -0.2) is 0 Å². The summed E-state index contributed by atoms with van der Waals surface area (Å²) < 4.78 is 5.24. The molecule has 0 radical (unpaired) electrons. The third-order valence-electron chi connectivity index (χ3n) is 3.50. The topological polar surface area (TPSA) is 49.8 Å². The lowest BCUT2D eigenvalue weighted by molar-refractivity contribution is -0.139. The number of carboxylic acids is 1. The second kappa shape index (κ2) is 5.15. The Hall–Kier alpha value is -0.610. The summed E-state index contributed by atoms with van der Waals surface area (Å²) in [5.41, 5.74) is 0. The van der Waals surface area contributed by atoms with Gasteiger partial charge in [-0.15, -0.1) is 0 Å². The van der Waals surface area contributed by atoms with Crippen LogP contribution in [0, 0.1) is 11.8 Å². The Morgan fingerprint density at radius 2 is 2.12 bits per heavy atom. The van der Waals surface area contributed by atoms with Crippen molar-refractivity contribution in [1.29, 1.82) is 0 Å². The van der Waals surface area contributed by atoms with Gasteiger partial charge in [0.25, 0.3) is 0 Å². The largest absolute Gasteiger partial charge is 0.480 e. The fraction of sp³-hybridized carbons (Fsp3) is 0.917. The Bertz CT molecular complexity index is 249. The molecule has 0 spiro atoms. The fourth-order valence-electron chi connectivity index (χ4n) is 2.31. The third-order valence-corrected chi connectivity index (χ3v) is 3.50. The van der Waals surface area contributed by atoms with Crippen molar-refractivity contribution in [3.05, 3.63) is 0 Å². The Balaban J connectivity index is 1.91. The molecule has 1 atom stereocenters. The maximum absolute atomic E-state index is 10.9. The number of ether oxygens (including phenoxy) is 1. The lowest BCUT2D eigenvalue weighted by Gasteiger charge is -2.30. The van der Waals surface area contributed by atoms with E-state index in [4.69, 9.17) is 9.84 Å². The molecule has 0 bridgehead atoms. The molecule has 0 saturated heterocycles. The lowest BCUT2D eigenvalue weighted by Crippen LogP contribution is -2.44. The van der Waals surface area contributed by atoms with Gasteiger partial charge < -0.3 is 9.84 Å². The molecular weight excluding hydrogens is 206 g/mol. The summed E-state index contributed by atoms with van der Waals surface area (Å²) in [6.45, 7) is 1.78. The highest BCUT2D eigenvalue weighted by molar-refractivity contribution is 5.69. The molecule has 2 saturated carbocycles. The molecule has 16 heavy (non-hydrogen) atoms. The summed E-state index contributed by atoms with van der Waals surface area (Å²) in [4.78, 5) is 13.0. The molecule has 4 heteroatoms. The van der Waals surface area contributed by atoms with Gasteiger partial charge in [0, 0.05) is 19.7 Å². The quantitative estimate of drug-likeness (QED) is 0.677. The normalized spacial score (nSPS) is 22.4. The van der Waals surface area contributed by atoms with Gasteiger partial charge in [0.15, 0.2) is 0 Å². The van der Waals surface area contributed by atoms with E-state index in [2.05, 4.69) is 4.90 Å². The standard InChI is InChI=1S/C12H21NO3/c1-16-8-11(10-4-5-10)13(7-12(14)15)6-9-2-3-9/h9-11H,2-8H2,1H3,(H,14,15). The minimum atomic E-state index is -0.720. The van der Waals surface area contributed by atoms with Crippen molar-refractivity contribution >= 4 is 5.97 Å². The highest BCUT2D eigenvalue weighted by Crippen LogP contribution is 2.37. The molecule has 2 fully saturated rings. The van der Waals surface area contributed by atoms with Crippen LogP contribution in [0.4, 0.5) is 0 Å². The number of hydrogen-bond donors (Lipinski definition) is 1. The van der Waals surface area contributed by atoms with E-state index in [9.17, 15) is 4.79 Å². The van der Waals surface area contributed by atoms with Crippen molar-refractivity contribution in [1.82, 2.24) is 4.90 Å². The molecule has 0 aliphatic heterocycles. The minimum Gasteiger partial charge on any atom is -0.480 e. The van der Waals surface area contributed by atoms with Crippen molar-refractivity contribution < 1.29 is 14.6 Å². The number of methoxy groups -OCH3 is 1. The number of carbonyl (C=O) groups is 1. The average molecular weight is 227 g/mol. The summed E-state index contributed by atoms with van der Waals surface area (Å²) in [7, 11) is 1.70. The van der Waals surface area contributed by atoms with E-state index in [-0.39, 0.29) is 6.54 Å². The van der Waals surface area contributed by atoms with Crippen LogP contribution < -0.4 is 0 Å². The molecule has 0 amide bonds. The summed E-state index contributed by atoms with van der Waals surface area (Å²) in [5, 5.41) is 8.95. The van der Waals surface area contributed by atoms with E-state index in [1.165, 1.54) is 25.7 Å². The van der Waals surface area contributed by atoms with Crippen molar-refractivity contribution in [3.63, 3.8) is 0 Å². The molecule has 1 unspecified atom stereocenters. The highest BCUT2D eigenvalue weighted by Gasteiger charge is 2.38. The van der Waals surface area contributed by atoms with E-state index in [0.717, 1.165) is 12.5 Å². The lowest BCUT2D eigenvalue weighted by atomic mass is 10.1. The van der Waals surface area contributed by atoms with Gasteiger partial charge >= 0.3 is 5.97 Å². The van der Waals surface area contributed by atoms with Crippen molar-refractivity contribution in [2.24, 2.45) is 11.8 Å². The van der Waals surface area contributed by atoms with Crippen molar-refractivity contribution in [3.8, 4) is 0 Å². The molecule has 0 aromatic rings. The first-order valence-corrected chi connectivity index (χ1v) is 6.15. The SMILES string of the molecule is COCC(C1CC1)N(CC(=O)O)CC1CC1. The third kappa shape index (κ3) is 3.46. The molecule has 2 aliphatic carbocycles. The van der Waals surface area contributed by atoms with Crippen LogP contribution in [0.3, 0.4) is 0 Å². The molecular formula is C12H21NO3. The van der Waals surface area contributed by atoms with Crippen LogP contribution in [-0.2, 0) is 9.53 Å². The number of aliphatic carboxylic acids is 1. The minimum absolute atomic E-state index is 0.168. The zero-order valence-electron chi connectivity index (χ0n) is 9.89. The smallest absolute Gasteiger partial charge is 0.317 e. The molecule has 0 heterocycles. The maximum atomic E-state index is 10.9. The number of carboxylic acid groups (broad SMARTS) is 1.